The Balaban J connectivity index is 2.32. The van der Waals surface area contributed by atoms with Crippen LogP contribution in [0.2, 0.25) is 0 Å². The summed E-state index contributed by atoms with van der Waals surface area (Å²) in [5.74, 6) is 0.253. The molecule has 118 valence electrons. The first-order valence-corrected chi connectivity index (χ1v) is 8.04. The molecule has 0 aromatic carbocycles. The first-order valence-electron chi connectivity index (χ1n) is 8.04. The third-order valence-corrected chi connectivity index (χ3v) is 3.81. The van der Waals surface area contributed by atoms with Gasteiger partial charge in [-0.3, -0.25) is 4.79 Å². The predicted octanol–water partition coefficient (Wildman–Crippen LogP) is 0.219. The van der Waals surface area contributed by atoms with Crippen LogP contribution in [0.25, 0.3) is 0 Å². The van der Waals surface area contributed by atoms with Gasteiger partial charge in [0.05, 0.1) is 6.04 Å². The van der Waals surface area contributed by atoms with Gasteiger partial charge in [-0.1, -0.05) is 0 Å². The Kier molecular flexibility index (Phi) is 9.83. The highest BCUT2D eigenvalue weighted by molar-refractivity contribution is 5.81. The minimum Gasteiger partial charge on any atom is -0.317 e. The summed E-state index contributed by atoms with van der Waals surface area (Å²) in [5, 5.41) is 10.3. The maximum absolute atomic E-state index is 11.6. The molecule has 0 aliphatic carbocycles. The zero-order valence-corrected chi connectivity index (χ0v) is 13.2. The molecule has 0 amide bonds. The summed E-state index contributed by atoms with van der Waals surface area (Å²) in [5.41, 5.74) is 0. The molecule has 1 saturated heterocycles. The molecule has 0 bridgehead atoms. The zero-order chi connectivity index (χ0) is 14.6. The largest absolute Gasteiger partial charge is 0.317 e. The molecule has 0 aromatic heterocycles. The second-order valence-corrected chi connectivity index (χ2v) is 5.77. The number of Topliss-reactive ketones (excluding diaryl/α,β-unsaturated/α-hetero) is 1. The molecular formula is C15H32N4O. The van der Waals surface area contributed by atoms with Gasteiger partial charge in [-0.25, -0.2) is 0 Å². The summed E-state index contributed by atoms with van der Waals surface area (Å²) < 4.78 is 0. The van der Waals surface area contributed by atoms with Gasteiger partial charge in [0.1, 0.15) is 5.78 Å². The van der Waals surface area contributed by atoms with Crippen LogP contribution in [0, 0.1) is 0 Å². The van der Waals surface area contributed by atoms with Crippen molar-refractivity contribution in [3.63, 3.8) is 0 Å². The Morgan fingerprint density at radius 2 is 1.55 bits per heavy atom. The lowest BCUT2D eigenvalue weighted by atomic mass is 10.1. The highest BCUT2D eigenvalue weighted by Gasteiger charge is 2.12. The number of carbonyl (C=O) groups excluding carboxylic acids is 1. The summed E-state index contributed by atoms with van der Waals surface area (Å²) >= 11 is 0. The topological polar surface area (TPSA) is 56.4 Å². The average molecular weight is 284 g/mol. The van der Waals surface area contributed by atoms with E-state index in [1.54, 1.807) is 6.92 Å². The predicted molar refractivity (Wildman–Crippen MR) is 84.2 cm³/mol. The molecule has 5 nitrogen and oxygen atoms in total. The van der Waals surface area contributed by atoms with Crippen LogP contribution in [0.5, 0.6) is 0 Å². The van der Waals surface area contributed by atoms with Crippen LogP contribution in [-0.4, -0.2) is 69.6 Å². The number of nitrogens with one attached hydrogen (secondary N) is 3. The molecule has 1 heterocycles. The lowest BCUT2D eigenvalue weighted by Gasteiger charge is -2.20. The average Bonchev–Trinajstić information content (AvgIpc) is 2.41. The normalized spacial score (nSPS) is 26.2. The van der Waals surface area contributed by atoms with Gasteiger partial charge in [-0.15, -0.1) is 0 Å². The SMILES string of the molecule is CC(=O)C1CCNCCCNCCCN(C)CCCN1. The fourth-order valence-corrected chi connectivity index (χ4v) is 2.49. The Bertz CT molecular complexity index is 260. The minimum atomic E-state index is 0.0128. The van der Waals surface area contributed by atoms with Crippen LogP contribution in [0.15, 0.2) is 0 Å². The van der Waals surface area contributed by atoms with Gasteiger partial charge in [0.2, 0.25) is 0 Å². The van der Waals surface area contributed by atoms with Crippen molar-refractivity contribution in [2.75, 3.05) is 52.9 Å². The molecule has 0 spiro atoms. The van der Waals surface area contributed by atoms with Gasteiger partial charge in [0.25, 0.3) is 0 Å². The zero-order valence-electron chi connectivity index (χ0n) is 13.2. The van der Waals surface area contributed by atoms with Crippen molar-refractivity contribution < 1.29 is 4.79 Å². The highest BCUT2D eigenvalue weighted by atomic mass is 16.1. The van der Waals surface area contributed by atoms with Crippen molar-refractivity contribution in [1.82, 2.24) is 20.9 Å². The number of nitrogens with zero attached hydrogens (tertiary/aromatic N) is 1. The van der Waals surface area contributed by atoms with Crippen LogP contribution in [-0.2, 0) is 4.79 Å². The maximum Gasteiger partial charge on any atom is 0.146 e. The van der Waals surface area contributed by atoms with Gasteiger partial charge in [0, 0.05) is 0 Å². The van der Waals surface area contributed by atoms with E-state index >= 15 is 0 Å². The standard InChI is InChI=1S/C15H32N4O/c1-14(20)15-6-11-17-8-3-7-16-9-4-12-19(2)13-5-10-18-15/h15-18H,3-13H2,1-2H3. The van der Waals surface area contributed by atoms with Gasteiger partial charge >= 0.3 is 0 Å². The fourth-order valence-electron chi connectivity index (χ4n) is 2.49. The van der Waals surface area contributed by atoms with Crippen molar-refractivity contribution in [2.45, 2.75) is 38.6 Å². The van der Waals surface area contributed by atoms with Crippen molar-refractivity contribution >= 4 is 5.78 Å². The number of ketones is 1. The monoisotopic (exact) mass is 284 g/mol. The van der Waals surface area contributed by atoms with E-state index in [9.17, 15) is 4.79 Å². The molecule has 1 unspecified atom stereocenters. The van der Waals surface area contributed by atoms with E-state index in [4.69, 9.17) is 0 Å². The first-order chi connectivity index (χ1) is 9.70. The summed E-state index contributed by atoms with van der Waals surface area (Å²) in [6, 6.07) is 0.0128. The van der Waals surface area contributed by atoms with Gasteiger partial charge in [-0.05, 0) is 85.5 Å². The number of rotatable bonds is 1. The molecule has 1 aliphatic rings. The van der Waals surface area contributed by atoms with E-state index in [-0.39, 0.29) is 11.8 Å². The lowest BCUT2D eigenvalue weighted by Crippen LogP contribution is -2.39. The van der Waals surface area contributed by atoms with E-state index in [0.717, 1.165) is 65.1 Å². The first kappa shape index (κ1) is 17.6. The van der Waals surface area contributed by atoms with Gasteiger partial charge in [-0.2, -0.15) is 0 Å². The van der Waals surface area contributed by atoms with Crippen LogP contribution in [0.3, 0.4) is 0 Å². The Labute approximate surface area is 123 Å². The molecule has 20 heavy (non-hydrogen) atoms. The molecule has 0 saturated carbocycles. The summed E-state index contributed by atoms with van der Waals surface area (Å²) in [6.07, 6.45) is 4.33. The molecule has 0 aromatic rings. The van der Waals surface area contributed by atoms with Crippen molar-refractivity contribution in [1.29, 1.82) is 0 Å². The van der Waals surface area contributed by atoms with E-state index in [1.807, 2.05) is 0 Å². The van der Waals surface area contributed by atoms with E-state index in [0.29, 0.717) is 0 Å². The number of carbonyl (C=O) groups is 1. The molecule has 0 radical (unpaired) electrons. The summed E-state index contributed by atoms with van der Waals surface area (Å²) in [7, 11) is 2.18. The second-order valence-electron chi connectivity index (χ2n) is 5.77. The van der Waals surface area contributed by atoms with Crippen molar-refractivity contribution in [2.24, 2.45) is 0 Å². The Morgan fingerprint density at radius 3 is 2.25 bits per heavy atom. The van der Waals surface area contributed by atoms with Crippen LogP contribution < -0.4 is 16.0 Å². The molecule has 5 heteroatoms. The number of hydrogen-bond donors (Lipinski definition) is 3. The Hall–Kier alpha value is -0.490. The lowest BCUT2D eigenvalue weighted by molar-refractivity contribution is -0.119. The van der Waals surface area contributed by atoms with Crippen molar-refractivity contribution in [3.05, 3.63) is 0 Å². The van der Waals surface area contributed by atoms with Crippen LogP contribution in [0.1, 0.15) is 32.6 Å². The summed E-state index contributed by atoms with van der Waals surface area (Å²) in [4.78, 5) is 14.0. The quantitative estimate of drug-likeness (QED) is 0.643. The van der Waals surface area contributed by atoms with Crippen LogP contribution in [0.4, 0.5) is 0 Å². The molecule has 1 fully saturated rings. The van der Waals surface area contributed by atoms with E-state index in [2.05, 4.69) is 27.9 Å². The smallest absolute Gasteiger partial charge is 0.146 e. The molecule has 1 aliphatic heterocycles. The molecule has 1 atom stereocenters. The summed E-state index contributed by atoms with van der Waals surface area (Å²) in [6.45, 7) is 8.96. The number of hydrogen-bond acceptors (Lipinski definition) is 5. The van der Waals surface area contributed by atoms with Gasteiger partial charge < -0.3 is 20.9 Å². The fraction of sp³-hybridized carbons (Fsp3) is 0.933. The highest BCUT2D eigenvalue weighted by Crippen LogP contribution is 1.95. The molecule has 1 rings (SSSR count). The molecular weight excluding hydrogens is 252 g/mol. The minimum absolute atomic E-state index is 0.0128. The molecule has 3 N–H and O–H groups in total. The van der Waals surface area contributed by atoms with E-state index in [1.165, 1.54) is 6.42 Å². The van der Waals surface area contributed by atoms with E-state index < -0.39 is 0 Å². The second kappa shape index (κ2) is 11.2. The third-order valence-electron chi connectivity index (χ3n) is 3.81. The van der Waals surface area contributed by atoms with Crippen molar-refractivity contribution in [3.8, 4) is 0 Å². The van der Waals surface area contributed by atoms with Gasteiger partial charge in [0.15, 0.2) is 0 Å². The Morgan fingerprint density at radius 1 is 0.950 bits per heavy atom. The third kappa shape index (κ3) is 8.64. The van der Waals surface area contributed by atoms with Crippen LogP contribution >= 0.6 is 0 Å². The maximum atomic E-state index is 11.6.